The van der Waals surface area contributed by atoms with Crippen molar-refractivity contribution in [1.29, 1.82) is 0 Å². The zero-order chi connectivity index (χ0) is 19.0. The third-order valence-corrected chi connectivity index (χ3v) is 4.93. The SMILES string of the molecule is Cn1c(N)nnc1C1CCN(c2nc(N)ncc2-c2ccc(F)nc2)CC1. The number of nitrogens with two attached hydrogens (primary N) is 2. The van der Waals surface area contributed by atoms with Crippen LogP contribution in [0.15, 0.2) is 24.5 Å². The molecule has 0 saturated carbocycles. The quantitative estimate of drug-likeness (QED) is 0.663. The number of aromatic nitrogens is 6. The molecule has 1 fully saturated rings. The molecule has 3 aromatic heterocycles. The summed E-state index contributed by atoms with van der Waals surface area (Å²) >= 11 is 0. The molecule has 0 unspecified atom stereocenters. The van der Waals surface area contributed by atoms with Gasteiger partial charge in [-0.15, -0.1) is 10.2 Å². The van der Waals surface area contributed by atoms with Crippen molar-refractivity contribution in [3.8, 4) is 11.1 Å². The molecular formula is C17H20FN9. The van der Waals surface area contributed by atoms with Gasteiger partial charge in [0.15, 0.2) is 0 Å². The van der Waals surface area contributed by atoms with Gasteiger partial charge in [-0.25, -0.2) is 9.97 Å². The Labute approximate surface area is 155 Å². The normalized spacial score (nSPS) is 15.3. The van der Waals surface area contributed by atoms with Crippen molar-refractivity contribution in [3.05, 3.63) is 36.3 Å². The van der Waals surface area contributed by atoms with Crippen molar-refractivity contribution in [2.45, 2.75) is 18.8 Å². The van der Waals surface area contributed by atoms with E-state index in [1.165, 1.54) is 12.3 Å². The first-order valence-corrected chi connectivity index (χ1v) is 8.67. The summed E-state index contributed by atoms with van der Waals surface area (Å²) in [7, 11) is 1.88. The second-order valence-corrected chi connectivity index (χ2v) is 6.57. The molecule has 0 atom stereocenters. The minimum atomic E-state index is -0.527. The maximum absolute atomic E-state index is 13.2. The van der Waals surface area contributed by atoms with Crippen LogP contribution in [0.4, 0.5) is 22.1 Å². The highest BCUT2D eigenvalue weighted by Gasteiger charge is 2.27. The topological polar surface area (TPSA) is 125 Å². The molecule has 4 heterocycles. The highest BCUT2D eigenvalue weighted by Crippen LogP contribution is 2.34. The van der Waals surface area contributed by atoms with Gasteiger partial charge in [-0.3, -0.25) is 0 Å². The fourth-order valence-electron chi connectivity index (χ4n) is 3.42. The molecule has 9 nitrogen and oxygen atoms in total. The Morgan fingerprint density at radius 1 is 1.07 bits per heavy atom. The third-order valence-electron chi connectivity index (χ3n) is 4.93. The Bertz CT molecular complexity index is 946. The number of anilines is 3. The summed E-state index contributed by atoms with van der Waals surface area (Å²) in [4.78, 5) is 14.4. The zero-order valence-corrected chi connectivity index (χ0v) is 14.9. The van der Waals surface area contributed by atoms with E-state index in [1.54, 1.807) is 12.3 Å². The lowest BCUT2D eigenvalue weighted by Gasteiger charge is -2.33. The van der Waals surface area contributed by atoms with Crippen LogP contribution in [0.2, 0.25) is 0 Å². The van der Waals surface area contributed by atoms with E-state index in [0.29, 0.717) is 5.95 Å². The van der Waals surface area contributed by atoms with Gasteiger partial charge in [-0.2, -0.15) is 9.37 Å². The van der Waals surface area contributed by atoms with Crippen LogP contribution in [0.3, 0.4) is 0 Å². The summed E-state index contributed by atoms with van der Waals surface area (Å²) in [6, 6.07) is 2.98. The van der Waals surface area contributed by atoms with Gasteiger partial charge in [0, 0.05) is 49.6 Å². The molecule has 140 valence electrons. The van der Waals surface area contributed by atoms with E-state index in [2.05, 4.69) is 30.0 Å². The van der Waals surface area contributed by atoms with Gasteiger partial charge in [0.25, 0.3) is 0 Å². The molecule has 10 heteroatoms. The van der Waals surface area contributed by atoms with Crippen LogP contribution in [0.25, 0.3) is 11.1 Å². The summed E-state index contributed by atoms with van der Waals surface area (Å²) in [5, 5.41) is 8.15. The number of piperidine rings is 1. The van der Waals surface area contributed by atoms with Crippen LogP contribution < -0.4 is 16.4 Å². The summed E-state index contributed by atoms with van der Waals surface area (Å²) in [6.45, 7) is 1.55. The molecule has 1 saturated heterocycles. The van der Waals surface area contributed by atoms with E-state index in [-0.39, 0.29) is 11.9 Å². The van der Waals surface area contributed by atoms with E-state index in [9.17, 15) is 4.39 Å². The Balaban J connectivity index is 1.58. The number of pyridine rings is 1. The molecule has 0 bridgehead atoms. The molecule has 0 radical (unpaired) electrons. The summed E-state index contributed by atoms with van der Waals surface area (Å²) < 4.78 is 15.0. The Kier molecular flexibility index (Phi) is 4.30. The second kappa shape index (κ2) is 6.78. The molecule has 3 aromatic rings. The highest BCUT2D eigenvalue weighted by atomic mass is 19.1. The monoisotopic (exact) mass is 369 g/mol. The standard InChI is InChI=1S/C17H20FN9/c1-26-14(24-25-17(26)20)10-4-6-27(7-5-10)15-12(9-22-16(19)23-15)11-2-3-13(18)21-8-11/h2-3,8-10H,4-7H2,1H3,(H2,20,25)(H2,19,22,23). The van der Waals surface area contributed by atoms with Gasteiger partial charge < -0.3 is 20.9 Å². The average Bonchev–Trinajstić information content (AvgIpc) is 3.01. The minimum absolute atomic E-state index is 0.201. The second-order valence-electron chi connectivity index (χ2n) is 6.57. The van der Waals surface area contributed by atoms with Crippen LogP contribution in [-0.2, 0) is 7.05 Å². The summed E-state index contributed by atoms with van der Waals surface area (Å²) in [6.07, 6.45) is 4.90. The fourth-order valence-corrected chi connectivity index (χ4v) is 3.42. The van der Waals surface area contributed by atoms with Gasteiger partial charge in [-0.05, 0) is 25.0 Å². The Morgan fingerprint density at radius 3 is 2.48 bits per heavy atom. The van der Waals surface area contributed by atoms with Crippen molar-refractivity contribution in [2.75, 3.05) is 29.5 Å². The van der Waals surface area contributed by atoms with Crippen molar-refractivity contribution >= 4 is 17.7 Å². The van der Waals surface area contributed by atoms with Crippen LogP contribution in [0.1, 0.15) is 24.6 Å². The molecular weight excluding hydrogens is 349 g/mol. The Hall–Kier alpha value is -3.30. The molecule has 27 heavy (non-hydrogen) atoms. The lowest BCUT2D eigenvalue weighted by Crippen LogP contribution is -2.34. The smallest absolute Gasteiger partial charge is 0.221 e. The van der Waals surface area contributed by atoms with Crippen LogP contribution in [0.5, 0.6) is 0 Å². The molecule has 4 N–H and O–H groups in total. The fraction of sp³-hybridized carbons (Fsp3) is 0.353. The summed E-state index contributed by atoms with van der Waals surface area (Å²) in [5.74, 6) is 2.00. The largest absolute Gasteiger partial charge is 0.368 e. The maximum Gasteiger partial charge on any atom is 0.221 e. The lowest BCUT2D eigenvalue weighted by atomic mass is 9.95. The average molecular weight is 369 g/mol. The van der Waals surface area contributed by atoms with Gasteiger partial charge in [0.1, 0.15) is 11.6 Å². The number of rotatable bonds is 3. The molecule has 0 spiro atoms. The molecule has 1 aliphatic rings. The molecule has 0 amide bonds. The maximum atomic E-state index is 13.2. The van der Waals surface area contributed by atoms with Crippen molar-refractivity contribution < 1.29 is 4.39 Å². The minimum Gasteiger partial charge on any atom is -0.368 e. The predicted octanol–water partition coefficient (Wildman–Crippen LogP) is 1.35. The zero-order valence-electron chi connectivity index (χ0n) is 14.9. The number of halogens is 1. The predicted molar refractivity (Wildman–Crippen MR) is 99.2 cm³/mol. The van der Waals surface area contributed by atoms with Crippen molar-refractivity contribution in [1.82, 2.24) is 29.7 Å². The molecule has 0 aliphatic carbocycles. The van der Waals surface area contributed by atoms with Crippen molar-refractivity contribution in [2.24, 2.45) is 7.05 Å². The Morgan fingerprint density at radius 2 is 1.85 bits per heavy atom. The van der Waals surface area contributed by atoms with Crippen LogP contribution in [-0.4, -0.2) is 42.8 Å². The van der Waals surface area contributed by atoms with Crippen molar-refractivity contribution in [3.63, 3.8) is 0 Å². The highest BCUT2D eigenvalue weighted by molar-refractivity contribution is 5.75. The van der Waals surface area contributed by atoms with Gasteiger partial charge >= 0.3 is 0 Å². The van der Waals surface area contributed by atoms with Gasteiger partial charge in [-0.1, -0.05) is 0 Å². The van der Waals surface area contributed by atoms with Gasteiger partial charge in [0.2, 0.25) is 17.8 Å². The van der Waals surface area contributed by atoms with E-state index < -0.39 is 5.95 Å². The summed E-state index contributed by atoms with van der Waals surface area (Å²) in [5.41, 5.74) is 13.1. The first-order chi connectivity index (χ1) is 13.0. The van der Waals surface area contributed by atoms with Crippen LogP contribution >= 0.6 is 0 Å². The molecule has 1 aliphatic heterocycles. The number of hydrogen-bond acceptors (Lipinski definition) is 8. The first-order valence-electron chi connectivity index (χ1n) is 8.67. The molecule has 0 aromatic carbocycles. The number of nitrogen functional groups attached to an aromatic ring is 2. The van der Waals surface area contributed by atoms with E-state index in [1.807, 2.05) is 11.6 Å². The third kappa shape index (κ3) is 3.25. The van der Waals surface area contributed by atoms with E-state index >= 15 is 0 Å². The number of hydrogen-bond donors (Lipinski definition) is 2. The first kappa shape index (κ1) is 17.1. The van der Waals surface area contributed by atoms with Crippen LogP contribution in [0, 0.1) is 5.95 Å². The van der Waals surface area contributed by atoms with Gasteiger partial charge in [0.05, 0.1) is 0 Å². The molecule has 4 rings (SSSR count). The van der Waals surface area contributed by atoms with E-state index in [4.69, 9.17) is 11.5 Å². The van der Waals surface area contributed by atoms with E-state index in [0.717, 1.165) is 48.7 Å². The lowest BCUT2D eigenvalue weighted by molar-refractivity contribution is 0.473. The number of nitrogens with zero attached hydrogens (tertiary/aromatic N) is 7.